The lowest BCUT2D eigenvalue weighted by molar-refractivity contribution is -0.123. The zero-order valence-corrected chi connectivity index (χ0v) is 11.6. The monoisotopic (exact) mass is 268 g/mol. The molecule has 0 saturated heterocycles. The molecule has 18 heavy (non-hydrogen) atoms. The SMILES string of the molecule is Cc1nc(CC(=O)NC2(CO)CCCCC2)cs1. The minimum absolute atomic E-state index is 0.0312. The Hall–Kier alpha value is -0.940. The predicted octanol–water partition coefficient (Wildman–Crippen LogP) is 1.81. The van der Waals surface area contributed by atoms with E-state index in [1.807, 2.05) is 12.3 Å². The molecule has 0 aliphatic heterocycles. The van der Waals surface area contributed by atoms with Gasteiger partial charge in [-0.1, -0.05) is 19.3 Å². The molecule has 1 saturated carbocycles. The molecule has 1 aromatic heterocycles. The van der Waals surface area contributed by atoms with Gasteiger partial charge in [0, 0.05) is 5.38 Å². The number of hydrogen-bond acceptors (Lipinski definition) is 4. The van der Waals surface area contributed by atoms with Gasteiger partial charge in [-0.25, -0.2) is 4.98 Å². The minimum atomic E-state index is -0.388. The first-order valence-electron chi connectivity index (χ1n) is 6.46. The van der Waals surface area contributed by atoms with E-state index in [2.05, 4.69) is 10.3 Å². The Morgan fingerprint density at radius 1 is 1.50 bits per heavy atom. The van der Waals surface area contributed by atoms with Crippen LogP contribution in [-0.4, -0.2) is 28.1 Å². The van der Waals surface area contributed by atoms with Crippen molar-refractivity contribution in [3.05, 3.63) is 16.1 Å². The van der Waals surface area contributed by atoms with Crippen LogP contribution in [0.5, 0.6) is 0 Å². The van der Waals surface area contributed by atoms with E-state index >= 15 is 0 Å². The standard InChI is InChI=1S/C13H20N2O2S/c1-10-14-11(8-18-10)7-12(17)15-13(9-16)5-3-2-4-6-13/h8,16H,2-7,9H2,1H3,(H,15,17). The van der Waals surface area contributed by atoms with Crippen LogP contribution >= 0.6 is 11.3 Å². The van der Waals surface area contributed by atoms with Crippen LogP contribution in [0.15, 0.2) is 5.38 Å². The molecular formula is C13H20N2O2S. The molecule has 1 aromatic rings. The van der Waals surface area contributed by atoms with Crippen molar-refractivity contribution in [2.75, 3.05) is 6.61 Å². The molecule has 1 aliphatic rings. The highest BCUT2D eigenvalue weighted by Gasteiger charge is 2.32. The normalized spacial score (nSPS) is 18.6. The fourth-order valence-electron chi connectivity index (χ4n) is 2.55. The van der Waals surface area contributed by atoms with Crippen molar-refractivity contribution in [2.24, 2.45) is 0 Å². The van der Waals surface area contributed by atoms with E-state index in [1.165, 1.54) is 6.42 Å². The highest BCUT2D eigenvalue weighted by atomic mass is 32.1. The van der Waals surface area contributed by atoms with Crippen molar-refractivity contribution in [3.8, 4) is 0 Å². The number of aliphatic hydroxyl groups excluding tert-OH is 1. The molecule has 1 amide bonds. The summed E-state index contributed by atoms with van der Waals surface area (Å²) in [7, 11) is 0. The summed E-state index contributed by atoms with van der Waals surface area (Å²) in [4.78, 5) is 16.3. The second kappa shape index (κ2) is 5.80. The quantitative estimate of drug-likeness (QED) is 0.875. The first kappa shape index (κ1) is 13.5. The van der Waals surface area contributed by atoms with Gasteiger partial charge in [-0.15, -0.1) is 11.3 Å². The van der Waals surface area contributed by atoms with Crippen molar-refractivity contribution < 1.29 is 9.90 Å². The average molecular weight is 268 g/mol. The number of amides is 1. The van der Waals surface area contributed by atoms with E-state index in [0.29, 0.717) is 6.42 Å². The summed E-state index contributed by atoms with van der Waals surface area (Å²) in [5.41, 5.74) is 0.430. The van der Waals surface area contributed by atoms with Gasteiger partial charge in [0.1, 0.15) is 0 Å². The highest BCUT2D eigenvalue weighted by molar-refractivity contribution is 7.09. The Morgan fingerprint density at radius 2 is 2.22 bits per heavy atom. The summed E-state index contributed by atoms with van der Waals surface area (Å²) in [6.45, 7) is 1.97. The third kappa shape index (κ3) is 3.29. The molecule has 0 bridgehead atoms. The maximum absolute atomic E-state index is 12.0. The van der Waals surface area contributed by atoms with Crippen LogP contribution in [0.25, 0.3) is 0 Å². The fraction of sp³-hybridized carbons (Fsp3) is 0.692. The van der Waals surface area contributed by atoms with Crippen LogP contribution in [0.3, 0.4) is 0 Å². The maximum atomic E-state index is 12.0. The van der Waals surface area contributed by atoms with E-state index in [1.54, 1.807) is 11.3 Å². The van der Waals surface area contributed by atoms with E-state index in [4.69, 9.17) is 0 Å². The number of aryl methyl sites for hydroxylation is 1. The third-order valence-electron chi connectivity index (χ3n) is 3.53. The molecule has 0 spiro atoms. The number of aromatic nitrogens is 1. The first-order valence-corrected chi connectivity index (χ1v) is 7.34. The lowest BCUT2D eigenvalue weighted by atomic mass is 9.82. The van der Waals surface area contributed by atoms with Gasteiger partial charge in [0.25, 0.3) is 0 Å². The summed E-state index contributed by atoms with van der Waals surface area (Å²) in [5, 5.41) is 15.4. The average Bonchev–Trinajstić information content (AvgIpc) is 2.75. The summed E-state index contributed by atoms with van der Waals surface area (Å²) in [5.74, 6) is -0.0312. The molecule has 0 aromatic carbocycles. The number of hydrogen-bond donors (Lipinski definition) is 2. The maximum Gasteiger partial charge on any atom is 0.226 e. The van der Waals surface area contributed by atoms with Gasteiger partial charge in [-0.3, -0.25) is 4.79 Å². The Balaban J connectivity index is 1.93. The van der Waals surface area contributed by atoms with Crippen LogP contribution < -0.4 is 5.32 Å². The zero-order valence-electron chi connectivity index (χ0n) is 10.7. The van der Waals surface area contributed by atoms with Gasteiger partial charge in [0.15, 0.2) is 0 Å². The fourth-order valence-corrected chi connectivity index (χ4v) is 3.16. The number of carbonyl (C=O) groups is 1. The molecule has 1 fully saturated rings. The smallest absolute Gasteiger partial charge is 0.226 e. The molecule has 0 atom stereocenters. The molecular weight excluding hydrogens is 248 g/mol. The second-order valence-electron chi connectivity index (χ2n) is 5.08. The second-order valence-corrected chi connectivity index (χ2v) is 6.14. The van der Waals surface area contributed by atoms with Crippen LogP contribution in [0, 0.1) is 6.92 Å². The van der Waals surface area contributed by atoms with Crippen molar-refractivity contribution in [2.45, 2.75) is 51.0 Å². The molecule has 1 aliphatic carbocycles. The number of nitrogens with one attached hydrogen (secondary N) is 1. The van der Waals surface area contributed by atoms with E-state index in [0.717, 1.165) is 36.4 Å². The number of rotatable bonds is 4. The molecule has 0 radical (unpaired) electrons. The first-order chi connectivity index (χ1) is 8.63. The van der Waals surface area contributed by atoms with Gasteiger partial charge in [0.05, 0.1) is 29.3 Å². The van der Waals surface area contributed by atoms with Crippen LogP contribution in [0.1, 0.15) is 42.8 Å². The number of nitrogens with zero attached hydrogens (tertiary/aromatic N) is 1. The molecule has 100 valence electrons. The van der Waals surface area contributed by atoms with Crippen molar-refractivity contribution in [1.82, 2.24) is 10.3 Å². The Labute approximate surface area is 111 Å². The molecule has 2 N–H and O–H groups in total. The molecule has 2 rings (SSSR count). The van der Waals surface area contributed by atoms with Crippen molar-refractivity contribution in [1.29, 1.82) is 0 Å². The lowest BCUT2D eigenvalue weighted by Crippen LogP contribution is -2.53. The van der Waals surface area contributed by atoms with Gasteiger partial charge in [-0.05, 0) is 19.8 Å². The van der Waals surface area contributed by atoms with Gasteiger partial charge >= 0.3 is 0 Å². The molecule has 5 heteroatoms. The van der Waals surface area contributed by atoms with Gasteiger partial charge in [0.2, 0.25) is 5.91 Å². The van der Waals surface area contributed by atoms with Crippen LogP contribution in [0.2, 0.25) is 0 Å². The molecule has 4 nitrogen and oxygen atoms in total. The van der Waals surface area contributed by atoms with Crippen molar-refractivity contribution >= 4 is 17.2 Å². The molecule has 1 heterocycles. The Morgan fingerprint density at radius 3 is 2.78 bits per heavy atom. The number of carbonyl (C=O) groups excluding carboxylic acids is 1. The van der Waals surface area contributed by atoms with Gasteiger partial charge in [-0.2, -0.15) is 0 Å². The number of aliphatic hydroxyl groups is 1. The summed E-state index contributed by atoms with van der Waals surface area (Å²) >= 11 is 1.56. The Bertz CT molecular complexity index is 411. The number of thiazole rings is 1. The summed E-state index contributed by atoms with van der Waals surface area (Å²) in [6.07, 6.45) is 5.43. The largest absolute Gasteiger partial charge is 0.394 e. The summed E-state index contributed by atoms with van der Waals surface area (Å²) < 4.78 is 0. The topological polar surface area (TPSA) is 62.2 Å². The van der Waals surface area contributed by atoms with E-state index < -0.39 is 0 Å². The van der Waals surface area contributed by atoms with Crippen molar-refractivity contribution in [3.63, 3.8) is 0 Å². The third-order valence-corrected chi connectivity index (χ3v) is 4.35. The van der Waals surface area contributed by atoms with Crippen LogP contribution in [0.4, 0.5) is 0 Å². The van der Waals surface area contributed by atoms with E-state index in [9.17, 15) is 9.90 Å². The molecule has 0 unspecified atom stereocenters. The van der Waals surface area contributed by atoms with Crippen LogP contribution in [-0.2, 0) is 11.2 Å². The van der Waals surface area contributed by atoms with E-state index in [-0.39, 0.29) is 18.1 Å². The predicted molar refractivity (Wildman–Crippen MR) is 71.6 cm³/mol. The Kier molecular flexibility index (Phi) is 4.35. The highest BCUT2D eigenvalue weighted by Crippen LogP contribution is 2.27. The minimum Gasteiger partial charge on any atom is -0.394 e. The zero-order chi connectivity index (χ0) is 13.0. The summed E-state index contributed by atoms with van der Waals surface area (Å²) in [6, 6.07) is 0. The lowest BCUT2D eigenvalue weighted by Gasteiger charge is -2.36. The van der Waals surface area contributed by atoms with Gasteiger partial charge < -0.3 is 10.4 Å².